The van der Waals surface area contributed by atoms with Gasteiger partial charge in [-0.25, -0.2) is 17.1 Å². The van der Waals surface area contributed by atoms with E-state index in [9.17, 15) is 26.0 Å². The van der Waals surface area contributed by atoms with Crippen molar-refractivity contribution < 1.29 is 30.7 Å². The second-order valence-electron chi connectivity index (χ2n) is 5.53. The smallest absolute Gasteiger partial charge is 0.419 e. The Labute approximate surface area is 149 Å². The van der Waals surface area contributed by atoms with Crippen LogP contribution in [-0.4, -0.2) is 33.4 Å². The zero-order valence-electron chi connectivity index (χ0n) is 14.0. The molecule has 2 rings (SSSR count). The van der Waals surface area contributed by atoms with Crippen molar-refractivity contribution in [3.8, 4) is 5.75 Å². The van der Waals surface area contributed by atoms with Gasteiger partial charge in [0.15, 0.2) is 0 Å². The molecule has 26 heavy (non-hydrogen) atoms. The number of nitrogens with zero attached hydrogens (tertiary/aromatic N) is 1. The van der Waals surface area contributed by atoms with Crippen LogP contribution in [0.3, 0.4) is 0 Å². The van der Waals surface area contributed by atoms with Crippen LogP contribution >= 0.6 is 0 Å². The molecule has 0 aromatic heterocycles. The highest BCUT2D eigenvalue weighted by Crippen LogP contribution is 2.33. The molecule has 0 fully saturated rings. The fourth-order valence-electron chi connectivity index (χ4n) is 2.37. The van der Waals surface area contributed by atoms with Crippen LogP contribution in [0.5, 0.6) is 5.75 Å². The second-order valence-corrected chi connectivity index (χ2v) is 7.57. The maximum absolute atomic E-state index is 13.4. The van der Waals surface area contributed by atoms with Crippen molar-refractivity contribution in [3.05, 3.63) is 59.4 Å². The molecule has 0 saturated heterocycles. The van der Waals surface area contributed by atoms with E-state index >= 15 is 0 Å². The summed E-state index contributed by atoms with van der Waals surface area (Å²) in [5, 5.41) is 0. The van der Waals surface area contributed by atoms with Crippen molar-refractivity contribution in [1.82, 2.24) is 4.31 Å². The van der Waals surface area contributed by atoms with Crippen LogP contribution in [0.25, 0.3) is 0 Å². The quantitative estimate of drug-likeness (QED) is 0.706. The summed E-state index contributed by atoms with van der Waals surface area (Å²) in [6.07, 6.45) is -4.68. The molecule has 142 valence electrons. The SMILES string of the molecule is COc1ccccc1CCN(C)S(=O)(=O)c1ccc(F)c(C(F)(F)F)c1. The summed E-state index contributed by atoms with van der Waals surface area (Å²) in [5.74, 6) is -0.937. The summed E-state index contributed by atoms with van der Waals surface area (Å²) in [6.45, 7) is 0.0153. The molecule has 0 bridgehead atoms. The third kappa shape index (κ3) is 4.34. The number of hydrogen-bond donors (Lipinski definition) is 0. The van der Waals surface area contributed by atoms with Crippen LogP contribution in [0.15, 0.2) is 47.4 Å². The Bertz CT molecular complexity index is 882. The van der Waals surface area contributed by atoms with Gasteiger partial charge in [0.25, 0.3) is 0 Å². The van der Waals surface area contributed by atoms with E-state index in [0.29, 0.717) is 24.3 Å². The van der Waals surface area contributed by atoms with Crippen molar-refractivity contribution in [2.45, 2.75) is 17.5 Å². The second kappa shape index (κ2) is 7.63. The maximum Gasteiger partial charge on any atom is 0.419 e. The van der Waals surface area contributed by atoms with Crippen LogP contribution in [0, 0.1) is 5.82 Å². The molecule has 4 nitrogen and oxygen atoms in total. The maximum atomic E-state index is 13.4. The molecule has 0 N–H and O–H groups in total. The van der Waals surface area contributed by atoms with Gasteiger partial charge >= 0.3 is 6.18 Å². The molecular weight excluding hydrogens is 374 g/mol. The Morgan fingerprint density at radius 3 is 2.38 bits per heavy atom. The van der Waals surface area contributed by atoms with Crippen LogP contribution < -0.4 is 4.74 Å². The first-order valence-electron chi connectivity index (χ1n) is 7.52. The third-order valence-corrected chi connectivity index (χ3v) is 5.69. The number of alkyl halides is 3. The number of benzene rings is 2. The van der Waals surface area contributed by atoms with Gasteiger partial charge in [-0.05, 0) is 36.2 Å². The molecule has 0 amide bonds. The lowest BCUT2D eigenvalue weighted by molar-refractivity contribution is -0.140. The van der Waals surface area contributed by atoms with Gasteiger partial charge in [-0.3, -0.25) is 0 Å². The molecule has 2 aromatic rings. The molecule has 9 heteroatoms. The van der Waals surface area contributed by atoms with Crippen molar-refractivity contribution in [1.29, 1.82) is 0 Å². The number of para-hydroxylation sites is 1. The van der Waals surface area contributed by atoms with Gasteiger partial charge in [-0.15, -0.1) is 0 Å². The lowest BCUT2D eigenvalue weighted by Crippen LogP contribution is -2.29. The summed E-state index contributed by atoms with van der Waals surface area (Å²) >= 11 is 0. The first kappa shape index (κ1) is 20.2. The minimum atomic E-state index is -4.98. The van der Waals surface area contributed by atoms with Gasteiger partial charge < -0.3 is 4.74 Å². The van der Waals surface area contributed by atoms with E-state index in [2.05, 4.69) is 0 Å². The van der Waals surface area contributed by atoms with E-state index < -0.39 is 32.5 Å². The van der Waals surface area contributed by atoms with Gasteiger partial charge in [-0.1, -0.05) is 18.2 Å². The number of halogens is 4. The Morgan fingerprint density at radius 2 is 1.77 bits per heavy atom. The fraction of sp³-hybridized carbons (Fsp3) is 0.294. The van der Waals surface area contributed by atoms with Crippen molar-refractivity contribution in [2.24, 2.45) is 0 Å². The number of sulfonamides is 1. The highest BCUT2D eigenvalue weighted by atomic mass is 32.2. The normalized spacial score (nSPS) is 12.4. The molecule has 2 aromatic carbocycles. The largest absolute Gasteiger partial charge is 0.496 e. The average Bonchev–Trinajstić information content (AvgIpc) is 2.58. The fourth-order valence-corrected chi connectivity index (χ4v) is 3.57. The van der Waals surface area contributed by atoms with Gasteiger partial charge in [0.05, 0.1) is 17.6 Å². The standard InChI is InChI=1S/C17H17F4NO3S/c1-22(10-9-12-5-3-4-6-16(12)25-2)26(23,24)13-7-8-15(18)14(11-13)17(19,20)21/h3-8,11H,9-10H2,1-2H3. The van der Waals surface area contributed by atoms with Crippen molar-refractivity contribution in [3.63, 3.8) is 0 Å². The van der Waals surface area contributed by atoms with Crippen LogP contribution in [0.1, 0.15) is 11.1 Å². The Kier molecular flexibility index (Phi) is 5.92. The summed E-state index contributed by atoms with van der Waals surface area (Å²) in [7, 11) is -1.47. The number of likely N-dealkylation sites (N-methyl/N-ethyl adjacent to an activating group) is 1. The summed E-state index contributed by atoms with van der Waals surface area (Å²) in [5.41, 5.74) is -0.858. The van der Waals surface area contributed by atoms with Crippen molar-refractivity contribution in [2.75, 3.05) is 20.7 Å². The van der Waals surface area contributed by atoms with E-state index in [1.807, 2.05) is 0 Å². The zero-order valence-corrected chi connectivity index (χ0v) is 14.9. The molecule has 0 aliphatic heterocycles. The van der Waals surface area contributed by atoms with Gasteiger partial charge in [0, 0.05) is 13.6 Å². The monoisotopic (exact) mass is 391 g/mol. The van der Waals surface area contributed by atoms with Crippen LogP contribution in [-0.2, 0) is 22.6 Å². The zero-order chi connectivity index (χ0) is 19.5. The highest BCUT2D eigenvalue weighted by Gasteiger charge is 2.35. The first-order valence-corrected chi connectivity index (χ1v) is 8.96. The summed E-state index contributed by atoms with van der Waals surface area (Å²) in [6, 6.07) is 8.65. The van der Waals surface area contributed by atoms with E-state index in [1.54, 1.807) is 24.3 Å². The van der Waals surface area contributed by atoms with Crippen molar-refractivity contribution >= 4 is 10.0 Å². The number of methoxy groups -OCH3 is 1. The molecule has 0 heterocycles. The predicted molar refractivity (Wildman–Crippen MR) is 87.9 cm³/mol. The molecule has 0 radical (unpaired) electrons. The van der Waals surface area contributed by atoms with E-state index in [1.165, 1.54) is 14.2 Å². The van der Waals surface area contributed by atoms with Gasteiger partial charge in [0.2, 0.25) is 10.0 Å². The summed E-state index contributed by atoms with van der Waals surface area (Å²) < 4.78 is 82.9. The van der Waals surface area contributed by atoms with Gasteiger partial charge in [0.1, 0.15) is 11.6 Å². The molecule has 0 saturated carbocycles. The predicted octanol–water partition coefficient (Wildman–Crippen LogP) is 3.72. The Balaban J connectivity index is 2.24. The van der Waals surface area contributed by atoms with E-state index in [0.717, 1.165) is 15.9 Å². The molecule has 0 spiro atoms. The van der Waals surface area contributed by atoms with E-state index in [-0.39, 0.29) is 6.54 Å². The number of rotatable bonds is 6. The minimum absolute atomic E-state index is 0.0153. The molecule has 0 aliphatic rings. The van der Waals surface area contributed by atoms with E-state index in [4.69, 9.17) is 4.74 Å². The van der Waals surface area contributed by atoms with Crippen LogP contribution in [0.2, 0.25) is 0 Å². The first-order chi connectivity index (χ1) is 12.1. The third-order valence-electron chi connectivity index (χ3n) is 3.84. The lowest BCUT2D eigenvalue weighted by atomic mass is 10.1. The highest BCUT2D eigenvalue weighted by molar-refractivity contribution is 7.89. The topological polar surface area (TPSA) is 46.6 Å². The minimum Gasteiger partial charge on any atom is -0.496 e. The molecular formula is C17H17F4NO3S. The Morgan fingerprint density at radius 1 is 1.12 bits per heavy atom. The molecule has 0 aliphatic carbocycles. The van der Waals surface area contributed by atoms with Crippen LogP contribution in [0.4, 0.5) is 17.6 Å². The summed E-state index contributed by atoms with van der Waals surface area (Å²) in [4.78, 5) is -0.617. The average molecular weight is 391 g/mol. The Hall–Kier alpha value is -2.13. The number of ether oxygens (including phenoxy) is 1. The van der Waals surface area contributed by atoms with Gasteiger partial charge in [-0.2, -0.15) is 13.2 Å². The molecule has 0 atom stereocenters. The number of hydrogen-bond acceptors (Lipinski definition) is 3. The molecule has 0 unspecified atom stereocenters. The lowest BCUT2D eigenvalue weighted by Gasteiger charge is -2.19.